The fraction of sp³-hybridized carbons (Fsp3) is 0.0769. The average Bonchev–Trinajstić information content (AvgIpc) is 2.33. The highest BCUT2D eigenvalue weighted by Gasteiger charge is 2.12. The molecule has 1 atom stereocenters. The van der Waals surface area contributed by atoms with Gasteiger partial charge in [0.25, 0.3) is 0 Å². The Morgan fingerprint density at radius 3 is 2.68 bits per heavy atom. The van der Waals surface area contributed by atoms with Gasteiger partial charge in [0.05, 0.1) is 21.4 Å². The van der Waals surface area contributed by atoms with E-state index in [2.05, 4.69) is 15.9 Å². The van der Waals surface area contributed by atoms with Crippen molar-refractivity contribution in [1.29, 1.82) is 0 Å². The van der Waals surface area contributed by atoms with Gasteiger partial charge in [-0.25, -0.2) is 4.39 Å². The van der Waals surface area contributed by atoms with Crippen LogP contribution < -0.4 is 5.73 Å². The van der Waals surface area contributed by atoms with Gasteiger partial charge in [0.1, 0.15) is 5.82 Å². The Kier molecular flexibility index (Phi) is 4.60. The molecule has 0 saturated carbocycles. The van der Waals surface area contributed by atoms with Crippen LogP contribution >= 0.6 is 27.5 Å². The third-order valence-electron chi connectivity index (χ3n) is 2.51. The topological polar surface area (TPSA) is 43.1 Å². The number of hydrogen-bond donors (Lipinski definition) is 1. The van der Waals surface area contributed by atoms with Gasteiger partial charge in [-0.2, -0.15) is 0 Å². The van der Waals surface area contributed by atoms with Crippen molar-refractivity contribution in [2.24, 2.45) is 0 Å². The van der Waals surface area contributed by atoms with E-state index in [1.54, 1.807) is 18.2 Å². The maximum Gasteiger partial charge on any atom is 0.127 e. The van der Waals surface area contributed by atoms with Gasteiger partial charge in [0, 0.05) is 20.7 Å². The van der Waals surface area contributed by atoms with Gasteiger partial charge in [-0.05, 0) is 36.4 Å². The Balaban J connectivity index is 2.28. The first-order valence-electron chi connectivity index (χ1n) is 5.34. The lowest BCUT2D eigenvalue weighted by Gasteiger charge is -2.07. The summed E-state index contributed by atoms with van der Waals surface area (Å²) >= 11 is 9.08. The molecule has 2 nitrogen and oxygen atoms in total. The lowest BCUT2D eigenvalue weighted by Crippen LogP contribution is -2.02. The van der Waals surface area contributed by atoms with E-state index < -0.39 is 16.6 Å². The summed E-state index contributed by atoms with van der Waals surface area (Å²) in [4.78, 5) is 0.488. The Hall–Kier alpha value is -0.910. The molecule has 0 aromatic heterocycles. The second-order valence-corrected chi connectivity index (χ2v) is 6.68. The Bertz CT molecular complexity index is 651. The molecule has 6 heteroatoms. The number of benzene rings is 2. The minimum Gasteiger partial charge on any atom is -0.398 e. The second kappa shape index (κ2) is 6.03. The van der Waals surface area contributed by atoms with E-state index in [1.807, 2.05) is 0 Å². The summed E-state index contributed by atoms with van der Waals surface area (Å²) in [7, 11) is -1.42. The molecule has 0 aliphatic rings. The first-order valence-corrected chi connectivity index (χ1v) is 7.83. The molecule has 100 valence electrons. The van der Waals surface area contributed by atoms with Gasteiger partial charge in [-0.1, -0.05) is 27.5 Å². The van der Waals surface area contributed by atoms with Gasteiger partial charge >= 0.3 is 0 Å². The van der Waals surface area contributed by atoms with Gasteiger partial charge in [0.2, 0.25) is 0 Å². The molecule has 0 aliphatic carbocycles. The second-order valence-electron chi connectivity index (χ2n) is 3.91. The van der Waals surface area contributed by atoms with Crippen molar-refractivity contribution in [2.75, 3.05) is 5.73 Å². The molecule has 2 aromatic carbocycles. The summed E-state index contributed by atoms with van der Waals surface area (Å²) in [5, 5.41) is 0.414. The molecule has 2 aromatic rings. The number of rotatable bonds is 3. The van der Waals surface area contributed by atoms with Crippen LogP contribution in [0.1, 0.15) is 5.56 Å². The van der Waals surface area contributed by atoms with Crippen LogP contribution in [0.15, 0.2) is 45.8 Å². The SMILES string of the molecule is Nc1cc(Br)ccc1S(=O)Cc1cc(Cl)ccc1F. The van der Waals surface area contributed by atoms with E-state index >= 15 is 0 Å². The third kappa shape index (κ3) is 3.55. The molecule has 2 rings (SSSR count). The molecule has 0 radical (unpaired) electrons. The summed E-state index contributed by atoms with van der Waals surface area (Å²) in [6.07, 6.45) is 0. The molecule has 0 bridgehead atoms. The predicted octanol–water partition coefficient (Wildman–Crippen LogP) is 4.13. The lowest BCUT2D eigenvalue weighted by atomic mass is 10.2. The Labute approximate surface area is 126 Å². The number of nitrogen functional groups attached to an aromatic ring is 1. The van der Waals surface area contributed by atoms with E-state index in [1.165, 1.54) is 18.2 Å². The van der Waals surface area contributed by atoms with E-state index in [9.17, 15) is 8.60 Å². The Morgan fingerprint density at radius 1 is 1.26 bits per heavy atom. The predicted molar refractivity (Wildman–Crippen MR) is 80.1 cm³/mol. The summed E-state index contributed by atoms with van der Waals surface area (Å²) in [5.74, 6) is -0.383. The van der Waals surface area contributed by atoms with Crippen LogP contribution in [0.3, 0.4) is 0 Å². The fourth-order valence-electron chi connectivity index (χ4n) is 1.60. The average molecular weight is 363 g/mol. The maximum atomic E-state index is 13.6. The zero-order chi connectivity index (χ0) is 14.0. The molecular formula is C13H10BrClFNOS. The van der Waals surface area contributed by atoms with Gasteiger partial charge < -0.3 is 5.73 Å². The third-order valence-corrected chi connectivity index (χ3v) is 4.68. The lowest BCUT2D eigenvalue weighted by molar-refractivity contribution is 0.615. The zero-order valence-electron chi connectivity index (χ0n) is 9.70. The molecule has 0 fully saturated rings. The largest absolute Gasteiger partial charge is 0.398 e. The zero-order valence-corrected chi connectivity index (χ0v) is 12.9. The van der Waals surface area contributed by atoms with Crippen LogP contribution in [0.25, 0.3) is 0 Å². The maximum absolute atomic E-state index is 13.6. The Morgan fingerprint density at radius 2 is 2.00 bits per heavy atom. The smallest absolute Gasteiger partial charge is 0.127 e. The summed E-state index contributed by atoms with van der Waals surface area (Å²) in [6, 6.07) is 9.28. The standard InChI is InChI=1S/C13H10BrClFNOS/c14-9-1-4-13(12(17)6-9)19(18)7-8-5-10(15)2-3-11(8)16/h1-6H,7,17H2. The van der Waals surface area contributed by atoms with Crippen LogP contribution in [-0.2, 0) is 16.6 Å². The molecule has 0 spiro atoms. The summed E-state index contributed by atoms with van der Waals surface area (Å²) in [5.41, 5.74) is 6.53. The molecule has 0 amide bonds. The van der Waals surface area contributed by atoms with E-state index in [4.69, 9.17) is 17.3 Å². The van der Waals surface area contributed by atoms with E-state index in [0.29, 0.717) is 21.2 Å². The first kappa shape index (κ1) is 14.5. The minimum atomic E-state index is -1.42. The quantitative estimate of drug-likeness (QED) is 0.834. The van der Waals surface area contributed by atoms with E-state index in [0.717, 1.165) is 4.47 Å². The molecule has 19 heavy (non-hydrogen) atoms. The fourth-order valence-corrected chi connectivity index (χ4v) is 3.37. The van der Waals surface area contributed by atoms with Gasteiger partial charge in [-0.3, -0.25) is 4.21 Å². The van der Waals surface area contributed by atoms with Crippen LogP contribution in [-0.4, -0.2) is 4.21 Å². The molecule has 2 N–H and O–H groups in total. The molecular weight excluding hydrogens is 353 g/mol. The van der Waals surface area contributed by atoms with Crippen molar-refractivity contribution >= 4 is 44.0 Å². The molecule has 0 heterocycles. The monoisotopic (exact) mass is 361 g/mol. The van der Waals surface area contributed by atoms with Crippen molar-refractivity contribution in [3.8, 4) is 0 Å². The number of halogens is 3. The van der Waals surface area contributed by atoms with E-state index in [-0.39, 0.29) is 5.75 Å². The summed E-state index contributed by atoms with van der Waals surface area (Å²) in [6.45, 7) is 0. The van der Waals surface area contributed by atoms with Crippen LogP contribution in [0.4, 0.5) is 10.1 Å². The first-order chi connectivity index (χ1) is 8.97. The van der Waals surface area contributed by atoms with Crippen LogP contribution in [0.5, 0.6) is 0 Å². The summed E-state index contributed by atoms with van der Waals surface area (Å²) < 4.78 is 26.6. The van der Waals surface area contributed by atoms with Crippen molar-refractivity contribution in [3.05, 3.63) is 57.3 Å². The van der Waals surface area contributed by atoms with Crippen molar-refractivity contribution < 1.29 is 8.60 Å². The van der Waals surface area contributed by atoms with Gasteiger partial charge in [-0.15, -0.1) is 0 Å². The normalized spacial score (nSPS) is 12.4. The van der Waals surface area contributed by atoms with Crippen LogP contribution in [0.2, 0.25) is 5.02 Å². The molecule has 1 unspecified atom stereocenters. The van der Waals surface area contributed by atoms with Crippen molar-refractivity contribution in [2.45, 2.75) is 10.6 Å². The van der Waals surface area contributed by atoms with Crippen molar-refractivity contribution in [1.82, 2.24) is 0 Å². The highest BCUT2D eigenvalue weighted by Crippen LogP contribution is 2.24. The number of hydrogen-bond acceptors (Lipinski definition) is 2. The highest BCUT2D eigenvalue weighted by atomic mass is 79.9. The van der Waals surface area contributed by atoms with Crippen molar-refractivity contribution in [3.63, 3.8) is 0 Å². The molecule has 0 saturated heterocycles. The highest BCUT2D eigenvalue weighted by molar-refractivity contribution is 9.10. The minimum absolute atomic E-state index is 0.0399. The molecule has 0 aliphatic heterocycles. The van der Waals surface area contributed by atoms with Gasteiger partial charge in [0.15, 0.2) is 0 Å². The van der Waals surface area contributed by atoms with Crippen LogP contribution in [0, 0.1) is 5.82 Å². The number of nitrogens with two attached hydrogens (primary N) is 1. The number of anilines is 1.